The fraction of sp³-hybridized carbons (Fsp3) is 0.825. The number of aliphatic hydroxyl groups is 2. The van der Waals surface area contributed by atoms with E-state index in [1.807, 2.05) is 0 Å². The Bertz CT molecular complexity index is 1070. The Balaban J connectivity index is 3.49. The van der Waals surface area contributed by atoms with Crippen molar-refractivity contribution in [1.82, 2.24) is 5.32 Å². The average Bonchev–Trinajstić information content (AvgIpc) is 3.28. The van der Waals surface area contributed by atoms with E-state index in [-0.39, 0.29) is 18.5 Å². The SMILES string of the molecule is CCCCC/C=C\C/C=C\CCCCCCCC(=O)OCCCCC/C=C\C=C/CCCCCCCCCCCCC(=O)NC(CO)C(O)CCCCCCCCCCCCCC. The van der Waals surface area contributed by atoms with Crippen LogP contribution in [0.15, 0.2) is 48.6 Å². The number of rotatable bonds is 50. The quantitative estimate of drug-likeness (QED) is 0.0245. The number of esters is 1. The molecule has 6 heteroatoms. The molecule has 0 spiro atoms. The summed E-state index contributed by atoms with van der Waals surface area (Å²) in [5, 5.41) is 23.2. The Morgan fingerprint density at radius 1 is 0.460 bits per heavy atom. The smallest absolute Gasteiger partial charge is 0.305 e. The lowest BCUT2D eigenvalue weighted by Crippen LogP contribution is -2.45. The maximum absolute atomic E-state index is 12.4. The summed E-state index contributed by atoms with van der Waals surface area (Å²) in [5.74, 6) is -0.0747. The van der Waals surface area contributed by atoms with Gasteiger partial charge >= 0.3 is 5.97 Å². The lowest BCUT2D eigenvalue weighted by molar-refractivity contribution is -0.143. The van der Waals surface area contributed by atoms with Crippen molar-refractivity contribution in [3.8, 4) is 0 Å². The van der Waals surface area contributed by atoms with Gasteiger partial charge in [-0.1, -0.05) is 223 Å². The van der Waals surface area contributed by atoms with Gasteiger partial charge in [0.1, 0.15) is 0 Å². The van der Waals surface area contributed by atoms with Gasteiger partial charge in [-0.15, -0.1) is 0 Å². The van der Waals surface area contributed by atoms with Crippen molar-refractivity contribution in [2.24, 2.45) is 0 Å². The van der Waals surface area contributed by atoms with Crippen LogP contribution in [0.2, 0.25) is 0 Å². The number of hydrogen-bond donors (Lipinski definition) is 3. The molecule has 0 aliphatic carbocycles. The van der Waals surface area contributed by atoms with E-state index in [1.54, 1.807) is 0 Å². The number of nitrogens with one attached hydrogen (secondary N) is 1. The summed E-state index contributed by atoms with van der Waals surface area (Å²) in [6.45, 7) is 4.87. The number of carbonyl (C=O) groups excluding carboxylic acids is 2. The van der Waals surface area contributed by atoms with E-state index in [1.165, 1.54) is 161 Å². The van der Waals surface area contributed by atoms with Gasteiger partial charge in [0.25, 0.3) is 0 Å². The van der Waals surface area contributed by atoms with Crippen LogP contribution in [-0.2, 0) is 14.3 Å². The topological polar surface area (TPSA) is 95.9 Å². The third-order valence-corrected chi connectivity index (χ3v) is 12.4. The molecule has 2 unspecified atom stereocenters. The summed E-state index contributed by atoms with van der Waals surface area (Å²) in [4.78, 5) is 24.5. The molecule has 0 aliphatic heterocycles. The summed E-state index contributed by atoms with van der Waals surface area (Å²) in [6, 6.07) is -0.549. The Labute approximate surface area is 391 Å². The molecule has 0 bridgehead atoms. The molecule has 0 aromatic rings. The van der Waals surface area contributed by atoms with Crippen molar-refractivity contribution in [2.45, 2.75) is 289 Å². The van der Waals surface area contributed by atoms with Gasteiger partial charge in [-0.3, -0.25) is 9.59 Å². The number of carbonyl (C=O) groups is 2. The van der Waals surface area contributed by atoms with Crippen LogP contribution in [-0.4, -0.2) is 47.4 Å². The van der Waals surface area contributed by atoms with Gasteiger partial charge in [-0.05, 0) is 89.9 Å². The van der Waals surface area contributed by atoms with Gasteiger partial charge < -0.3 is 20.3 Å². The van der Waals surface area contributed by atoms with E-state index in [4.69, 9.17) is 4.74 Å². The molecule has 0 aromatic carbocycles. The molecule has 63 heavy (non-hydrogen) atoms. The van der Waals surface area contributed by atoms with Crippen LogP contribution in [0.4, 0.5) is 0 Å². The first kappa shape index (κ1) is 60.8. The largest absolute Gasteiger partial charge is 0.466 e. The normalized spacial score (nSPS) is 13.0. The first-order valence-electron chi connectivity index (χ1n) is 27.4. The number of amides is 1. The van der Waals surface area contributed by atoms with Crippen LogP contribution in [0.3, 0.4) is 0 Å². The first-order chi connectivity index (χ1) is 31.0. The summed E-state index contributed by atoms with van der Waals surface area (Å²) in [6.07, 6.45) is 65.2. The number of unbranched alkanes of at least 4 members (excludes halogenated alkanes) is 32. The Hall–Kier alpha value is -2.18. The van der Waals surface area contributed by atoms with E-state index in [9.17, 15) is 19.8 Å². The molecule has 0 saturated heterocycles. The predicted octanol–water partition coefficient (Wildman–Crippen LogP) is 16.6. The minimum Gasteiger partial charge on any atom is -0.466 e. The zero-order valence-corrected chi connectivity index (χ0v) is 41.8. The third kappa shape index (κ3) is 49.1. The van der Waals surface area contributed by atoms with Crippen molar-refractivity contribution < 1.29 is 24.5 Å². The highest BCUT2D eigenvalue weighted by Crippen LogP contribution is 2.16. The van der Waals surface area contributed by atoms with Crippen molar-refractivity contribution >= 4 is 11.9 Å². The summed E-state index contributed by atoms with van der Waals surface area (Å²) >= 11 is 0. The monoisotopic (exact) mass is 884 g/mol. The molecular formula is C57H105NO5. The number of ether oxygens (including phenoxy) is 1. The lowest BCUT2D eigenvalue weighted by Gasteiger charge is -2.22. The zero-order valence-electron chi connectivity index (χ0n) is 41.8. The minimum absolute atomic E-state index is 0.0280. The van der Waals surface area contributed by atoms with Gasteiger partial charge in [-0.2, -0.15) is 0 Å². The molecule has 2 atom stereocenters. The Morgan fingerprint density at radius 2 is 0.841 bits per heavy atom. The molecule has 0 aromatic heterocycles. The predicted molar refractivity (Wildman–Crippen MR) is 273 cm³/mol. The lowest BCUT2D eigenvalue weighted by atomic mass is 10.0. The van der Waals surface area contributed by atoms with E-state index < -0.39 is 12.1 Å². The second-order valence-electron chi connectivity index (χ2n) is 18.6. The molecule has 6 nitrogen and oxygen atoms in total. The van der Waals surface area contributed by atoms with Crippen molar-refractivity contribution in [1.29, 1.82) is 0 Å². The highest BCUT2D eigenvalue weighted by atomic mass is 16.5. The zero-order chi connectivity index (χ0) is 45.8. The molecule has 1 amide bonds. The Morgan fingerprint density at radius 3 is 1.33 bits per heavy atom. The maximum atomic E-state index is 12.4. The van der Waals surface area contributed by atoms with Gasteiger partial charge in [0.2, 0.25) is 5.91 Å². The molecule has 0 aliphatic rings. The highest BCUT2D eigenvalue weighted by molar-refractivity contribution is 5.76. The van der Waals surface area contributed by atoms with Crippen LogP contribution in [0.1, 0.15) is 277 Å². The van der Waals surface area contributed by atoms with Crippen LogP contribution in [0.25, 0.3) is 0 Å². The van der Waals surface area contributed by atoms with E-state index in [0.29, 0.717) is 25.9 Å². The van der Waals surface area contributed by atoms with Gasteiger partial charge in [-0.25, -0.2) is 0 Å². The van der Waals surface area contributed by atoms with Crippen molar-refractivity contribution in [2.75, 3.05) is 13.2 Å². The van der Waals surface area contributed by atoms with Crippen LogP contribution in [0, 0.1) is 0 Å². The van der Waals surface area contributed by atoms with Gasteiger partial charge in [0.05, 0.1) is 25.4 Å². The minimum atomic E-state index is -0.671. The fourth-order valence-corrected chi connectivity index (χ4v) is 8.13. The number of aliphatic hydroxyl groups excluding tert-OH is 2. The molecule has 0 radical (unpaired) electrons. The standard InChI is InChI=1S/C57H105NO5/c1-3-5-7-9-11-13-15-17-23-27-31-35-39-43-47-51-57(62)63-52-48-44-40-36-32-28-25-22-20-18-19-21-24-26-30-34-38-42-46-50-56(61)58-54(53-59)55(60)49-45-41-37-33-29-16-14-12-10-8-6-4-2/h11,13,17,22-23,25,28,32,54-55,59-60H,3-10,12,14-16,18-21,24,26-27,29-31,33-53H2,1-2H3,(H,58,61)/b13-11-,23-17-,25-22-,32-28-. The van der Waals surface area contributed by atoms with Crippen molar-refractivity contribution in [3.63, 3.8) is 0 Å². The van der Waals surface area contributed by atoms with E-state index in [2.05, 4.69) is 67.8 Å². The Kier molecular flexibility index (Phi) is 50.6. The summed E-state index contributed by atoms with van der Waals surface area (Å²) in [7, 11) is 0. The maximum Gasteiger partial charge on any atom is 0.305 e. The van der Waals surface area contributed by atoms with Crippen LogP contribution in [0.5, 0.6) is 0 Å². The number of hydrogen-bond acceptors (Lipinski definition) is 5. The van der Waals surface area contributed by atoms with Gasteiger partial charge in [0, 0.05) is 12.8 Å². The average molecular weight is 884 g/mol. The van der Waals surface area contributed by atoms with E-state index >= 15 is 0 Å². The van der Waals surface area contributed by atoms with Crippen molar-refractivity contribution in [3.05, 3.63) is 48.6 Å². The number of allylic oxidation sites excluding steroid dienone is 8. The molecule has 0 heterocycles. The second-order valence-corrected chi connectivity index (χ2v) is 18.6. The van der Waals surface area contributed by atoms with Crippen LogP contribution < -0.4 is 5.32 Å². The van der Waals surface area contributed by atoms with Gasteiger partial charge in [0.15, 0.2) is 0 Å². The second kappa shape index (κ2) is 52.4. The third-order valence-electron chi connectivity index (χ3n) is 12.4. The summed E-state index contributed by atoms with van der Waals surface area (Å²) in [5.41, 5.74) is 0. The molecule has 0 rings (SSSR count). The molecule has 368 valence electrons. The van der Waals surface area contributed by atoms with E-state index in [0.717, 1.165) is 83.5 Å². The van der Waals surface area contributed by atoms with Crippen LogP contribution >= 0.6 is 0 Å². The first-order valence-corrected chi connectivity index (χ1v) is 27.4. The molecule has 3 N–H and O–H groups in total. The molecular weight excluding hydrogens is 779 g/mol. The summed E-state index contributed by atoms with van der Waals surface area (Å²) < 4.78 is 5.44. The highest BCUT2D eigenvalue weighted by Gasteiger charge is 2.20. The fourth-order valence-electron chi connectivity index (χ4n) is 8.13. The molecule has 0 saturated carbocycles. The molecule has 0 fully saturated rings.